The highest BCUT2D eigenvalue weighted by Gasteiger charge is 2.14. The summed E-state index contributed by atoms with van der Waals surface area (Å²) in [6.07, 6.45) is 5.08. The van der Waals surface area contributed by atoms with Crippen molar-refractivity contribution in [3.63, 3.8) is 0 Å². The lowest BCUT2D eigenvalue weighted by molar-refractivity contribution is 0.583. The molecule has 0 saturated carbocycles. The molecule has 0 aromatic carbocycles. The minimum Gasteiger partial charge on any atom is -0.264 e. The van der Waals surface area contributed by atoms with Gasteiger partial charge in [-0.05, 0) is 41.3 Å². The van der Waals surface area contributed by atoms with E-state index in [2.05, 4.69) is 14.7 Å². The van der Waals surface area contributed by atoms with Gasteiger partial charge in [-0.25, -0.2) is 13.1 Å². The summed E-state index contributed by atoms with van der Waals surface area (Å²) in [6, 6.07) is 10.7. The lowest BCUT2D eigenvalue weighted by Gasteiger charge is -2.06. The van der Waals surface area contributed by atoms with Crippen LogP contribution in [0.3, 0.4) is 0 Å². The van der Waals surface area contributed by atoms with Crippen molar-refractivity contribution in [1.29, 1.82) is 0 Å². The molecule has 1 N–H and O–H groups in total. The molecule has 7 heteroatoms. The summed E-state index contributed by atoms with van der Waals surface area (Å²) in [4.78, 5) is 8.35. The number of thiophene rings is 1. The van der Waals surface area contributed by atoms with Gasteiger partial charge in [0.15, 0.2) is 0 Å². The summed E-state index contributed by atoms with van der Waals surface area (Å²) in [7, 11) is -3.46. The monoisotopic (exact) mass is 331 g/mol. The molecule has 0 aliphatic carbocycles. The Morgan fingerprint density at radius 3 is 2.77 bits per heavy atom. The maximum atomic E-state index is 12.1. The smallest absolute Gasteiger partial charge is 0.250 e. The van der Waals surface area contributed by atoms with E-state index in [0.717, 1.165) is 16.8 Å². The van der Waals surface area contributed by atoms with Crippen LogP contribution in [0.2, 0.25) is 0 Å². The molecule has 0 amide bonds. The summed E-state index contributed by atoms with van der Waals surface area (Å²) < 4.78 is 27.1. The quantitative estimate of drug-likeness (QED) is 0.780. The van der Waals surface area contributed by atoms with Crippen molar-refractivity contribution in [1.82, 2.24) is 14.7 Å². The molecular weight excluding hydrogens is 318 g/mol. The van der Waals surface area contributed by atoms with E-state index < -0.39 is 10.0 Å². The summed E-state index contributed by atoms with van der Waals surface area (Å²) in [5.74, 6) is 0. The van der Waals surface area contributed by atoms with Crippen LogP contribution in [0.25, 0.3) is 11.3 Å². The fraction of sp³-hybridized carbons (Fsp3) is 0.0667. The van der Waals surface area contributed by atoms with E-state index in [9.17, 15) is 8.42 Å². The number of nitrogens with one attached hydrogen (secondary N) is 1. The van der Waals surface area contributed by atoms with Gasteiger partial charge in [-0.1, -0.05) is 6.07 Å². The first kappa shape index (κ1) is 14.8. The maximum Gasteiger partial charge on any atom is 0.250 e. The van der Waals surface area contributed by atoms with Gasteiger partial charge in [-0.15, -0.1) is 11.3 Å². The van der Waals surface area contributed by atoms with Crippen LogP contribution in [0.5, 0.6) is 0 Å². The number of nitrogens with zero attached hydrogens (tertiary/aromatic N) is 2. The second kappa shape index (κ2) is 6.35. The molecule has 5 nitrogen and oxygen atoms in total. The summed E-state index contributed by atoms with van der Waals surface area (Å²) in [5, 5.41) is 1.74. The van der Waals surface area contributed by atoms with Gasteiger partial charge in [-0.2, -0.15) is 0 Å². The first-order valence-corrected chi connectivity index (χ1v) is 8.90. The van der Waals surface area contributed by atoms with Crippen LogP contribution in [-0.4, -0.2) is 18.4 Å². The van der Waals surface area contributed by atoms with Crippen molar-refractivity contribution in [2.45, 2.75) is 10.8 Å². The van der Waals surface area contributed by atoms with Gasteiger partial charge in [0.2, 0.25) is 10.0 Å². The van der Waals surface area contributed by atoms with E-state index in [1.54, 1.807) is 42.2 Å². The zero-order valence-corrected chi connectivity index (χ0v) is 13.1. The van der Waals surface area contributed by atoms with E-state index in [-0.39, 0.29) is 6.54 Å². The Balaban J connectivity index is 1.77. The SMILES string of the molecule is O=S(=O)(NCc1ccnc(-c2cccnc2)c1)c1cccs1. The fourth-order valence-electron chi connectivity index (χ4n) is 1.92. The molecule has 0 saturated heterocycles. The van der Waals surface area contributed by atoms with Gasteiger partial charge < -0.3 is 0 Å². The van der Waals surface area contributed by atoms with Crippen LogP contribution in [-0.2, 0) is 16.6 Å². The van der Waals surface area contributed by atoms with Crippen molar-refractivity contribution in [3.8, 4) is 11.3 Å². The van der Waals surface area contributed by atoms with Crippen molar-refractivity contribution in [2.24, 2.45) is 0 Å². The number of rotatable bonds is 5. The normalized spacial score (nSPS) is 11.5. The van der Waals surface area contributed by atoms with Gasteiger partial charge in [0, 0.05) is 30.7 Å². The van der Waals surface area contributed by atoms with Crippen molar-refractivity contribution < 1.29 is 8.42 Å². The first-order valence-electron chi connectivity index (χ1n) is 6.54. The van der Waals surface area contributed by atoms with Crippen molar-refractivity contribution in [3.05, 3.63) is 65.9 Å². The molecule has 3 aromatic heterocycles. The predicted molar refractivity (Wildman–Crippen MR) is 85.8 cm³/mol. The first-order chi connectivity index (χ1) is 10.6. The average molecular weight is 331 g/mol. The van der Waals surface area contributed by atoms with Crippen molar-refractivity contribution in [2.75, 3.05) is 0 Å². The van der Waals surface area contributed by atoms with Gasteiger partial charge in [0.1, 0.15) is 4.21 Å². The Labute approximate surface area is 132 Å². The number of aromatic nitrogens is 2. The highest BCUT2D eigenvalue weighted by atomic mass is 32.2. The molecule has 22 heavy (non-hydrogen) atoms. The molecule has 0 spiro atoms. The predicted octanol–water partition coefficient (Wildman–Crippen LogP) is 2.68. The second-order valence-corrected chi connectivity index (χ2v) is 7.49. The van der Waals surface area contributed by atoms with E-state index >= 15 is 0 Å². The molecule has 0 bridgehead atoms. The second-order valence-electron chi connectivity index (χ2n) is 4.55. The minimum atomic E-state index is -3.46. The molecule has 0 aliphatic rings. The average Bonchev–Trinajstić information content (AvgIpc) is 3.10. The minimum absolute atomic E-state index is 0.218. The third-order valence-electron chi connectivity index (χ3n) is 3.01. The van der Waals surface area contributed by atoms with Crippen LogP contribution in [0.15, 0.2) is 64.6 Å². The molecule has 0 unspecified atom stereocenters. The molecule has 0 radical (unpaired) electrons. The molecule has 0 aliphatic heterocycles. The Bertz CT molecular complexity index is 848. The van der Waals surface area contributed by atoms with Gasteiger partial charge >= 0.3 is 0 Å². The lowest BCUT2D eigenvalue weighted by atomic mass is 10.1. The molecule has 0 atom stereocenters. The van der Waals surface area contributed by atoms with Crippen LogP contribution in [0, 0.1) is 0 Å². The van der Waals surface area contributed by atoms with Crippen molar-refractivity contribution >= 4 is 21.4 Å². The largest absolute Gasteiger partial charge is 0.264 e. The van der Waals surface area contributed by atoms with E-state index in [1.165, 1.54) is 11.3 Å². The zero-order chi connectivity index (χ0) is 15.4. The molecular formula is C15H13N3O2S2. The van der Waals surface area contributed by atoms with Gasteiger partial charge in [-0.3, -0.25) is 9.97 Å². The Kier molecular flexibility index (Phi) is 4.28. The molecule has 112 valence electrons. The van der Waals surface area contributed by atoms with E-state index in [4.69, 9.17) is 0 Å². The molecule has 3 heterocycles. The Morgan fingerprint density at radius 1 is 1.14 bits per heavy atom. The Morgan fingerprint density at radius 2 is 2.05 bits per heavy atom. The van der Waals surface area contributed by atoms with Crippen LogP contribution < -0.4 is 4.72 Å². The van der Waals surface area contributed by atoms with Gasteiger partial charge in [0.25, 0.3) is 0 Å². The lowest BCUT2D eigenvalue weighted by Crippen LogP contribution is -2.22. The van der Waals surface area contributed by atoms with Crippen LogP contribution in [0.1, 0.15) is 5.56 Å². The summed E-state index contributed by atoms with van der Waals surface area (Å²) in [6.45, 7) is 0.218. The standard InChI is InChI=1S/C15H13N3O2S2/c19-22(20,15-4-2-8-21-15)18-10-12-5-7-17-14(9-12)13-3-1-6-16-11-13/h1-9,11,18H,10H2. The number of pyridine rings is 2. The number of sulfonamides is 1. The molecule has 3 rings (SSSR count). The van der Waals surface area contributed by atoms with Crippen LogP contribution >= 0.6 is 11.3 Å². The molecule has 3 aromatic rings. The van der Waals surface area contributed by atoms with Gasteiger partial charge in [0.05, 0.1) is 5.69 Å². The highest BCUT2D eigenvalue weighted by molar-refractivity contribution is 7.91. The number of hydrogen-bond donors (Lipinski definition) is 1. The highest BCUT2D eigenvalue weighted by Crippen LogP contribution is 2.18. The summed E-state index contributed by atoms with van der Waals surface area (Å²) >= 11 is 1.19. The zero-order valence-electron chi connectivity index (χ0n) is 11.5. The third-order valence-corrected chi connectivity index (χ3v) is 5.81. The summed E-state index contributed by atoms with van der Waals surface area (Å²) in [5.41, 5.74) is 2.50. The Hall–Kier alpha value is -2.09. The third kappa shape index (κ3) is 3.38. The van der Waals surface area contributed by atoms with E-state index in [1.807, 2.05) is 18.2 Å². The topological polar surface area (TPSA) is 72.0 Å². The fourth-order valence-corrected chi connectivity index (χ4v) is 3.98. The molecule has 0 fully saturated rings. The maximum absolute atomic E-state index is 12.1. The van der Waals surface area contributed by atoms with Crippen LogP contribution in [0.4, 0.5) is 0 Å². The van der Waals surface area contributed by atoms with E-state index in [0.29, 0.717) is 4.21 Å². The number of hydrogen-bond acceptors (Lipinski definition) is 5.